The molecule has 0 aliphatic heterocycles. The van der Waals surface area contributed by atoms with Gasteiger partial charge in [0.2, 0.25) is 5.91 Å². The molecule has 0 spiro atoms. The number of methoxy groups -OCH3 is 2. The standard InChI is InChI=1S/C9H19NO2.C8H17NO3.C5H13N/c1-3-4-7-10-9(11)6-5-8-12-2;1-3-4-5-9-8(10)12-7-6-11-2;1-3-4-5-6-2/h3-8H2,1-2H3,(H,10,11);3-7H2,1-2H3,(H,9,10);6H,3-5H2,1-2H3. The number of hydrogen-bond donors (Lipinski definition) is 3. The van der Waals surface area contributed by atoms with Crippen LogP contribution in [0.5, 0.6) is 0 Å². The summed E-state index contributed by atoms with van der Waals surface area (Å²) >= 11 is 0. The maximum atomic E-state index is 11.0. The van der Waals surface area contributed by atoms with Gasteiger partial charge in [0.25, 0.3) is 0 Å². The first-order chi connectivity index (χ1) is 14.5. The van der Waals surface area contributed by atoms with Crippen molar-refractivity contribution in [3.63, 3.8) is 0 Å². The van der Waals surface area contributed by atoms with E-state index in [2.05, 4.69) is 36.7 Å². The summed E-state index contributed by atoms with van der Waals surface area (Å²) in [5.74, 6) is 0.139. The molecule has 3 N–H and O–H groups in total. The van der Waals surface area contributed by atoms with Gasteiger partial charge in [0.15, 0.2) is 0 Å². The average Bonchev–Trinajstić information content (AvgIpc) is 2.74. The van der Waals surface area contributed by atoms with Crippen LogP contribution in [0.15, 0.2) is 0 Å². The quantitative estimate of drug-likeness (QED) is 0.321. The minimum Gasteiger partial charge on any atom is -0.447 e. The largest absolute Gasteiger partial charge is 0.447 e. The topological polar surface area (TPSA) is 97.9 Å². The number of amides is 2. The van der Waals surface area contributed by atoms with E-state index in [1.165, 1.54) is 12.8 Å². The number of carbonyl (C=O) groups is 2. The summed E-state index contributed by atoms with van der Waals surface area (Å²) in [4.78, 5) is 21.8. The van der Waals surface area contributed by atoms with E-state index in [9.17, 15) is 9.59 Å². The van der Waals surface area contributed by atoms with Crippen LogP contribution in [-0.2, 0) is 19.0 Å². The van der Waals surface area contributed by atoms with Gasteiger partial charge in [-0.3, -0.25) is 4.79 Å². The lowest BCUT2D eigenvalue weighted by Crippen LogP contribution is -2.26. The van der Waals surface area contributed by atoms with Crippen molar-refractivity contribution >= 4 is 12.0 Å². The number of ether oxygens (including phenoxy) is 3. The molecule has 0 saturated carbocycles. The highest BCUT2D eigenvalue weighted by atomic mass is 16.6. The fourth-order valence-electron chi connectivity index (χ4n) is 1.86. The predicted octanol–water partition coefficient (Wildman–Crippen LogP) is 3.49. The van der Waals surface area contributed by atoms with E-state index in [1.807, 2.05) is 7.05 Å². The van der Waals surface area contributed by atoms with Gasteiger partial charge in [-0.15, -0.1) is 0 Å². The summed E-state index contributed by atoms with van der Waals surface area (Å²) in [7, 11) is 5.20. The Morgan fingerprint density at radius 2 is 1.23 bits per heavy atom. The van der Waals surface area contributed by atoms with E-state index in [-0.39, 0.29) is 12.0 Å². The molecule has 0 aromatic heterocycles. The van der Waals surface area contributed by atoms with Gasteiger partial charge in [-0.25, -0.2) is 4.79 Å². The first kappa shape index (κ1) is 33.3. The number of nitrogens with one attached hydrogen (secondary N) is 3. The van der Waals surface area contributed by atoms with Crippen molar-refractivity contribution in [1.29, 1.82) is 0 Å². The van der Waals surface area contributed by atoms with Crippen LogP contribution in [0.25, 0.3) is 0 Å². The first-order valence-electron chi connectivity index (χ1n) is 11.3. The minimum atomic E-state index is -0.361. The van der Waals surface area contributed by atoms with E-state index in [0.717, 1.165) is 45.2 Å². The molecule has 0 aromatic carbocycles. The molecule has 8 heteroatoms. The van der Waals surface area contributed by atoms with Crippen LogP contribution < -0.4 is 16.0 Å². The molecule has 0 radical (unpaired) electrons. The molecule has 0 aliphatic rings. The zero-order chi connectivity index (χ0) is 23.3. The Morgan fingerprint density at radius 1 is 0.700 bits per heavy atom. The van der Waals surface area contributed by atoms with Gasteiger partial charge in [0.1, 0.15) is 6.61 Å². The van der Waals surface area contributed by atoms with Gasteiger partial charge >= 0.3 is 6.09 Å². The summed E-state index contributed by atoms with van der Waals surface area (Å²) in [6, 6.07) is 0. The Labute approximate surface area is 185 Å². The normalized spacial score (nSPS) is 9.53. The monoisotopic (exact) mass is 435 g/mol. The van der Waals surface area contributed by atoms with Crippen molar-refractivity contribution in [3.8, 4) is 0 Å². The molecule has 0 unspecified atom stereocenters. The lowest BCUT2D eigenvalue weighted by atomic mass is 10.3. The second kappa shape index (κ2) is 32.3. The van der Waals surface area contributed by atoms with Gasteiger partial charge < -0.3 is 30.2 Å². The van der Waals surface area contributed by atoms with Crippen molar-refractivity contribution in [2.75, 3.05) is 60.7 Å². The fraction of sp³-hybridized carbons (Fsp3) is 0.909. The van der Waals surface area contributed by atoms with E-state index >= 15 is 0 Å². The van der Waals surface area contributed by atoms with Gasteiger partial charge in [-0.05, 0) is 39.3 Å². The number of alkyl carbamates (subject to hydrolysis) is 1. The van der Waals surface area contributed by atoms with Crippen LogP contribution in [0.2, 0.25) is 0 Å². The molecule has 0 rings (SSSR count). The third kappa shape index (κ3) is 37.4. The highest BCUT2D eigenvalue weighted by Gasteiger charge is 1.99. The van der Waals surface area contributed by atoms with Crippen LogP contribution in [0.1, 0.15) is 72.1 Å². The molecule has 0 fully saturated rings. The zero-order valence-corrected chi connectivity index (χ0v) is 20.4. The Balaban J connectivity index is -0.000000386. The molecule has 0 bridgehead atoms. The van der Waals surface area contributed by atoms with E-state index in [4.69, 9.17) is 14.2 Å². The Morgan fingerprint density at radius 3 is 1.70 bits per heavy atom. The highest BCUT2D eigenvalue weighted by molar-refractivity contribution is 5.75. The first-order valence-corrected chi connectivity index (χ1v) is 11.3. The third-order valence-electron chi connectivity index (χ3n) is 3.71. The van der Waals surface area contributed by atoms with Gasteiger partial charge in [0, 0.05) is 40.3 Å². The van der Waals surface area contributed by atoms with Crippen LogP contribution >= 0.6 is 0 Å². The number of unbranched alkanes of at least 4 members (excludes halogenated alkanes) is 3. The molecule has 0 atom stereocenters. The Hall–Kier alpha value is -1.38. The maximum absolute atomic E-state index is 11.0. The van der Waals surface area contributed by atoms with E-state index < -0.39 is 0 Å². The van der Waals surface area contributed by atoms with Crippen molar-refractivity contribution < 1.29 is 23.8 Å². The van der Waals surface area contributed by atoms with Crippen LogP contribution in [0.3, 0.4) is 0 Å². The predicted molar refractivity (Wildman–Crippen MR) is 124 cm³/mol. The molecule has 0 aliphatic carbocycles. The molecule has 0 heterocycles. The average molecular weight is 436 g/mol. The summed E-state index contributed by atoms with van der Waals surface area (Å²) in [5.41, 5.74) is 0. The van der Waals surface area contributed by atoms with Gasteiger partial charge in [-0.2, -0.15) is 0 Å². The second-order valence-electron chi connectivity index (χ2n) is 6.67. The highest BCUT2D eigenvalue weighted by Crippen LogP contribution is 1.90. The fourth-order valence-corrected chi connectivity index (χ4v) is 1.86. The summed E-state index contributed by atoms with van der Waals surface area (Å²) in [6.07, 6.45) is 7.87. The third-order valence-corrected chi connectivity index (χ3v) is 3.71. The molecular weight excluding hydrogens is 386 g/mol. The van der Waals surface area contributed by atoms with E-state index in [1.54, 1.807) is 14.2 Å². The summed E-state index contributed by atoms with van der Waals surface area (Å²) in [5, 5.41) is 8.54. The summed E-state index contributed by atoms with van der Waals surface area (Å²) < 4.78 is 14.3. The number of carbonyl (C=O) groups excluding carboxylic acids is 2. The van der Waals surface area contributed by atoms with Crippen molar-refractivity contribution in [1.82, 2.24) is 16.0 Å². The Kier molecular flexibility index (Phi) is 35.8. The summed E-state index contributed by atoms with van der Waals surface area (Å²) in [6.45, 7) is 10.4. The lowest BCUT2D eigenvalue weighted by Gasteiger charge is -2.04. The molecular formula is C22H49N3O5. The van der Waals surface area contributed by atoms with Crippen molar-refractivity contribution in [2.24, 2.45) is 0 Å². The van der Waals surface area contributed by atoms with Gasteiger partial charge in [-0.1, -0.05) is 40.0 Å². The van der Waals surface area contributed by atoms with Crippen LogP contribution in [-0.4, -0.2) is 72.7 Å². The number of rotatable bonds is 16. The van der Waals surface area contributed by atoms with Crippen LogP contribution in [0, 0.1) is 0 Å². The lowest BCUT2D eigenvalue weighted by molar-refractivity contribution is -0.121. The molecule has 2 amide bonds. The van der Waals surface area contributed by atoms with Crippen molar-refractivity contribution in [3.05, 3.63) is 0 Å². The molecule has 0 saturated heterocycles. The van der Waals surface area contributed by atoms with Crippen LogP contribution in [0.4, 0.5) is 4.79 Å². The molecule has 30 heavy (non-hydrogen) atoms. The molecule has 0 aromatic rings. The smallest absolute Gasteiger partial charge is 0.407 e. The molecule has 182 valence electrons. The maximum Gasteiger partial charge on any atom is 0.407 e. The van der Waals surface area contributed by atoms with E-state index in [0.29, 0.717) is 32.8 Å². The van der Waals surface area contributed by atoms with Crippen molar-refractivity contribution in [2.45, 2.75) is 72.1 Å². The minimum absolute atomic E-state index is 0.139. The second-order valence-corrected chi connectivity index (χ2v) is 6.67. The number of hydrogen-bond acceptors (Lipinski definition) is 6. The molecule has 8 nitrogen and oxygen atoms in total. The van der Waals surface area contributed by atoms with Gasteiger partial charge in [0.05, 0.1) is 6.61 Å². The SMILES string of the molecule is CCCCNC.CCCCNC(=O)CCCOC.CCCCNC(=O)OCCOC. The Bertz CT molecular complexity index is 289. The zero-order valence-electron chi connectivity index (χ0n) is 20.4.